The van der Waals surface area contributed by atoms with Gasteiger partial charge in [-0.25, -0.2) is 9.97 Å². The van der Waals surface area contributed by atoms with Crippen LogP contribution in [0.5, 0.6) is 5.75 Å². The zero-order valence-corrected chi connectivity index (χ0v) is 32.6. The molecule has 0 aliphatic rings. The van der Waals surface area contributed by atoms with Crippen LogP contribution in [-0.4, -0.2) is 19.6 Å². The largest absolute Gasteiger partial charge is 0.507 e. The Morgan fingerprint density at radius 1 is 0.519 bits per heavy atom. The molecule has 0 aliphatic heterocycles. The molecule has 4 heteroatoms. The van der Waals surface area contributed by atoms with Gasteiger partial charge in [0.05, 0.1) is 16.9 Å². The molecule has 0 bridgehead atoms. The SMILES string of the molecule is CC(C)c1cccc(C(C)C)c1-c1ccc2cccc(-c3nc(-c4ccc5ccc6cccc(O)c6c5n4)cn3-c3c(C(C)C)cccc3C(C)C)c2c1. The molecular formula is C50H49N3O. The average molecular weight is 708 g/mol. The van der Waals surface area contributed by atoms with Gasteiger partial charge in [0.1, 0.15) is 17.3 Å². The van der Waals surface area contributed by atoms with Crippen molar-refractivity contribution < 1.29 is 5.11 Å². The molecule has 0 saturated carbocycles. The minimum absolute atomic E-state index is 0.229. The van der Waals surface area contributed by atoms with Gasteiger partial charge in [-0.1, -0.05) is 152 Å². The molecule has 0 fully saturated rings. The first-order chi connectivity index (χ1) is 26.0. The van der Waals surface area contributed by atoms with Crippen LogP contribution in [0, 0.1) is 0 Å². The van der Waals surface area contributed by atoms with Crippen LogP contribution >= 0.6 is 0 Å². The van der Waals surface area contributed by atoms with Crippen molar-refractivity contribution in [1.82, 2.24) is 14.5 Å². The molecule has 4 nitrogen and oxygen atoms in total. The molecule has 2 heterocycles. The van der Waals surface area contributed by atoms with Crippen LogP contribution in [-0.2, 0) is 0 Å². The summed E-state index contributed by atoms with van der Waals surface area (Å²) in [7, 11) is 0. The quantitative estimate of drug-likeness (QED) is 0.160. The van der Waals surface area contributed by atoms with E-state index in [2.05, 4.69) is 157 Å². The summed E-state index contributed by atoms with van der Waals surface area (Å²) in [5.41, 5.74) is 12.4. The van der Waals surface area contributed by atoms with E-state index in [0.717, 1.165) is 49.8 Å². The smallest absolute Gasteiger partial charge is 0.145 e. The lowest BCUT2D eigenvalue weighted by molar-refractivity contribution is 0.482. The standard InChI is InChI=1S/C50H49N3O/c1-29(2)37-15-11-16-38(30(3)4)46(37)36-24-21-33-13-9-19-41(42(33)27-36)50-52-44(28-53(50)49-39(31(5)6)17-12-18-40(49)32(7)8)43-26-25-35-23-22-34-14-10-20-45(54)47(34)48(35)51-43/h9-32,54H,1-8H3. The predicted molar refractivity (Wildman–Crippen MR) is 228 cm³/mol. The highest BCUT2D eigenvalue weighted by Crippen LogP contribution is 2.42. The van der Waals surface area contributed by atoms with E-state index in [1.807, 2.05) is 18.2 Å². The van der Waals surface area contributed by atoms with Crippen molar-refractivity contribution >= 4 is 32.4 Å². The van der Waals surface area contributed by atoms with Gasteiger partial charge in [0.15, 0.2) is 0 Å². The van der Waals surface area contributed by atoms with E-state index in [1.54, 1.807) is 6.07 Å². The van der Waals surface area contributed by atoms with E-state index in [9.17, 15) is 5.11 Å². The molecule has 270 valence electrons. The Hall–Kier alpha value is -5.74. The van der Waals surface area contributed by atoms with Gasteiger partial charge in [-0.3, -0.25) is 4.57 Å². The molecule has 0 spiro atoms. The average Bonchev–Trinajstić information content (AvgIpc) is 3.61. The molecule has 8 rings (SSSR count). The van der Waals surface area contributed by atoms with Gasteiger partial charge in [0.25, 0.3) is 0 Å². The van der Waals surface area contributed by atoms with E-state index >= 15 is 0 Å². The number of rotatable bonds is 8. The van der Waals surface area contributed by atoms with Crippen molar-refractivity contribution in [2.24, 2.45) is 0 Å². The van der Waals surface area contributed by atoms with Crippen LogP contribution in [0.25, 0.3) is 72.0 Å². The Bertz CT molecular complexity index is 2640. The van der Waals surface area contributed by atoms with Crippen LogP contribution < -0.4 is 0 Å². The molecule has 0 atom stereocenters. The monoisotopic (exact) mass is 707 g/mol. The Balaban J connectivity index is 1.43. The minimum atomic E-state index is 0.229. The van der Waals surface area contributed by atoms with Crippen molar-refractivity contribution in [3.8, 4) is 45.3 Å². The van der Waals surface area contributed by atoms with Crippen LogP contribution in [0.1, 0.15) is 101 Å². The van der Waals surface area contributed by atoms with E-state index < -0.39 is 0 Å². The maximum absolute atomic E-state index is 11.0. The van der Waals surface area contributed by atoms with E-state index in [0.29, 0.717) is 23.7 Å². The summed E-state index contributed by atoms with van der Waals surface area (Å²) in [4.78, 5) is 10.7. The van der Waals surface area contributed by atoms with E-state index in [1.165, 1.54) is 44.5 Å². The molecule has 0 unspecified atom stereocenters. The van der Waals surface area contributed by atoms with Gasteiger partial charge in [-0.15, -0.1) is 0 Å². The number of phenolic OH excluding ortho intramolecular Hbond substituents is 1. The fourth-order valence-electron chi connectivity index (χ4n) is 8.24. The number of nitrogens with zero attached hydrogens (tertiary/aromatic N) is 3. The number of benzene rings is 6. The van der Waals surface area contributed by atoms with Gasteiger partial charge >= 0.3 is 0 Å². The third-order valence-electron chi connectivity index (χ3n) is 11.0. The molecule has 54 heavy (non-hydrogen) atoms. The van der Waals surface area contributed by atoms with Gasteiger partial charge in [-0.2, -0.15) is 0 Å². The third kappa shape index (κ3) is 6.04. The van der Waals surface area contributed by atoms with Crippen molar-refractivity contribution in [1.29, 1.82) is 0 Å². The Morgan fingerprint density at radius 2 is 1.07 bits per heavy atom. The van der Waals surface area contributed by atoms with Gasteiger partial charge in [0, 0.05) is 22.5 Å². The fraction of sp³-hybridized carbons (Fsp3) is 0.240. The molecule has 1 N–H and O–H groups in total. The van der Waals surface area contributed by atoms with Crippen molar-refractivity contribution in [3.05, 3.63) is 144 Å². The number of aromatic nitrogens is 3. The number of para-hydroxylation sites is 1. The van der Waals surface area contributed by atoms with Crippen LogP contribution in [0.2, 0.25) is 0 Å². The first-order valence-electron chi connectivity index (χ1n) is 19.4. The first-order valence-corrected chi connectivity index (χ1v) is 19.4. The lowest BCUT2D eigenvalue weighted by Gasteiger charge is -2.22. The molecule has 0 saturated heterocycles. The zero-order valence-electron chi connectivity index (χ0n) is 32.6. The molecule has 0 aliphatic carbocycles. The number of hydrogen-bond donors (Lipinski definition) is 1. The Kier molecular flexibility index (Phi) is 9.09. The summed E-state index contributed by atoms with van der Waals surface area (Å²) in [6.07, 6.45) is 2.18. The molecule has 0 radical (unpaired) electrons. The molecule has 8 aromatic rings. The maximum Gasteiger partial charge on any atom is 0.145 e. The van der Waals surface area contributed by atoms with Crippen LogP contribution in [0.4, 0.5) is 0 Å². The summed E-state index contributed by atoms with van der Waals surface area (Å²) < 4.78 is 2.33. The Labute approximate surface area is 319 Å². The highest BCUT2D eigenvalue weighted by Gasteiger charge is 2.24. The lowest BCUT2D eigenvalue weighted by Crippen LogP contribution is -2.08. The summed E-state index contributed by atoms with van der Waals surface area (Å²) in [6.45, 7) is 18.2. The summed E-state index contributed by atoms with van der Waals surface area (Å²) in [5, 5.41) is 16.0. The lowest BCUT2D eigenvalue weighted by atomic mass is 9.84. The number of fused-ring (bicyclic) bond motifs is 4. The molecule has 6 aromatic carbocycles. The highest BCUT2D eigenvalue weighted by molar-refractivity contribution is 6.09. The van der Waals surface area contributed by atoms with Crippen LogP contribution in [0.3, 0.4) is 0 Å². The minimum Gasteiger partial charge on any atom is -0.507 e. The van der Waals surface area contributed by atoms with Crippen molar-refractivity contribution in [3.63, 3.8) is 0 Å². The summed E-state index contributed by atoms with van der Waals surface area (Å²) >= 11 is 0. The van der Waals surface area contributed by atoms with Gasteiger partial charge in [-0.05, 0) is 91.4 Å². The van der Waals surface area contributed by atoms with E-state index in [-0.39, 0.29) is 5.75 Å². The topological polar surface area (TPSA) is 50.9 Å². The van der Waals surface area contributed by atoms with Gasteiger partial charge in [0.2, 0.25) is 0 Å². The maximum atomic E-state index is 11.0. The molecule has 0 amide bonds. The molecule has 2 aromatic heterocycles. The van der Waals surface area contributed by atoms with Crippen molar-refractivity contribution in [2.45, 2.75) is 79.1 Å². The third-order valence-corrected chi connectivity index (χ3v) is 11.0. The van der Waals surface area contributed by atoms with Crippen LogP contribution in [0.15, 0.2) is 121 Å². The second kappa shape index (κ2) is 13.9. The first kappa shape index (κ1) is 35.3. The fourth-order valence-corrected chi connectivity index (χ4v) is 8.24. The summed E-state index contributed by atoms with van der Waals surface area (Å²) in [6, 6.07) is 40.9. The summed E-state index contributed by atoms with van der Waals surface area (Å²) in [5.74, 6) is 2.49. The molecular weight excluding hydrogens is 659 g/mol. The normalized spacial score (nSPS) is 12.1. The van der Waals surface area contributed by atoms with Gasteiger partial charge < -0.3 is 5.11 Å². The number of aromatic hydroxyl groups is 1. The number of hydrogen-bond acceptors (Lipinski definition) is 3. The predicted octanol–water partition coefficient (Wildman–Crippen LogP) is 13.9. The second-order valence-corrected chi connectivity index (χ2v) is 16.0. The number of pyridine rings is 1. The zero-order chi connectivity index (χ0) is 37.8. The number of imidazole rings is 1. The second-order valence-electron chi connectivity index (χ2n) is 16.0. The van der Waals surface area contributed by atoms with E-state index in [4.69, 9.17) is 9.97 Å². The highest BCUT2D eigenvalue weighted by atomic mass is 16.3. The van der Waals surface area contributed by atoms with Crippen molar-refractivity contribution in [2.75, 3.05) is 0 Å². The number of phenols is 1. The Morgan fingerprint density at radius 3 is 1.74 bits per heavy atom.